The van der Waals surface area contributed by atoms with Crippen LogP contribution in [-0.4, -0.2) is 44.2 Å². The highest BCUT2D eigenvalue weighted by molar-refractivity contribution is 6.92. The smallest absolute Gasteiger partial charge is 0.307 e. The van der Waals surface area contributed by atoms with Gasteiger partial charge in [0.05, 0.1) is 46.6 Å². The van der Waals surface area contributed by atoms with Crippen LogP contribution in [0.4, 0.5) is 0 Å². The van der Waals surface area contributed by atoms with Crippen molar-refractivity contribution in [1.29, 1.82) is 0 Å². The summed E-state index contributed by atoms with van der Waals surface area (Å²) < 4.78 is 41.1. The molecule has 472 valence electrons. The first-order chi connectivity index (χ1) is 40.2. The molecular weight excluding hydrogens is 1090 g/mol. The minimum atomic E-state index is -1.94. The molecule has 0 aliphatic heterocycles. The summed E-state index contributed by atoms with van der Waals surface area (Å²) in [5, 5.41) is 4.35. The Morgan fingerprint density at radius 1 is 0.313 bits per heavy atom. The number of rotatable bonds is 48. The number of furan rings is 4. The molecule has 0 aliphatic carbocycles. The van der Waals surface area contributed by atoms with Crippen molar-refractivity contribution < 1.29 is 36.7 Å². The molecular formula is C71H124O8Si4. The van der Waals surface area contributed by atoms with E-state index >= 15 is 0 Å². The molecule has 4 aromatic rings. The highest BCUT2D eigenvalue weighted by Crippen LogP contribution is 2.44. The Hall–Kier alpha value is -3.07. The molecule has 0 aliphatic rings. The molecule has 8 nitrogen and oxygen atoms in total. The lowest BCUT2D eigenvalue weighted by atomic mass is 9.84. The fourth-order valence-corrected chi connectivity index (χ4v) is 27.5. The third-order valence-electron chi connectivity index (χ3n) is 21.6. The maximum Gasteiger partial charge on any atom is 0.307 e. The van der Waals surface area contributed by atoms with Crippen molar-refractivity contribution in [2.24, 2.45) is 0 Å². The molecule has 4 heterocycles. The number of unbranched alkanes of at least 4 members (excludes halogenated alkanes) is 18. The minimum absolute atomic E-state index is 0.0752. The fraction of sp³-hybridized carbons (Fsp3) is 0.746. The van der Waals surface area contributed by atoms with Crippen LogP contribution in [0, 0.1) is 0 Å². The number of carbonyl (C=O) groups is 2. The van der Waals surface area contributed by atoms with Gasteiger partial charge in [-0.2, -0.15) is 0 Å². The zero-order valence-electron chi connectivity index (χ0n) is 56.0. The van der Waals surface area contributed by atoms with Crippen LogP contribution in [0.5, 0.6) is 0 Å². The normalized spacial score (nSPS) is 12.9. The lowest BCUT2D eigenvalue weighted by Crippen LogP contribution is -2.45. The second-order valence-electron chi connectivity index (χ2n) is 25.5. The monoisotopic (exact) mass is 1220 g/mol. The van der Waals surface area contributed by atoms with Crippen LogP contribution < -0.4 is 21.5 Å². The van der Waals surface area contributed by atoms with Crippen molar-refractivity contribution in [2.45, 2.75) is 341 Å². The van der Waals surface area contributed by atoms with Gasteiger partial charge in [0.15, 0.2) is 11.2 Å². The van der Waals surface area contributed by atoms with E-state index in [4.69, 9.17) is 27.1 Å². The molecule has 83 heavy (non-hydrogen) atoms. The number of ether oxygens (including phenoxy) is 2. The number of esters is 2. The average Bonchev–Trinajstić information content (AvgIpc) is 2.81. The maximum absolute atomic E-state index is 15.0. The summed E-state index contributed by atoms with van der Waals surface area (Å²) in [5.41, 5.74) is 1.43. The fourth-order valence-electron chi connectivity index (χ4n) is 14.2. The average molecular weight is 1220 g/mol. The standard InChI is InChI=1S/C71H124O8Si4/c1-15-29-31-33-35-37-39-41-43-45-50-70(60-52-66(74-56-60)80(17-3,18-4)19-5,61-53-67(75-57-61)81(20-6,21-7)22-8)78-64(72)48-47-49-65(73)79-71(51-46-44-42-40-38-36-34-32-30-16-2,62-54-68(76-58-62)82(23-9,24-10)25-11)63-55-69(77-59-63)83(26-12,27-13)28-14/h52-59H,15-51H2,1-14H3. The summed E-state index contributed by atoms with van der Waals surface area (Å²) in [6.45, 7) is 32.3. The van der Waals surface area contributed by atoms with Crippen LogP contribution >= 0.6 is 0 Å². The topological polar surface area (TPSA) is 105 Å². The first kappa shape index (κ1) is 72.4. The summed E-state index contributed by atoms with van der Waals surface area (Å²) >= 11 is 0. The Labute approximate surface area is 512 Å². The molecule has 0 N–H and O–H groups in total. The highest BCUT2D eigenvalue weighted by Gasteiger charge is 2.47. The molecule has 0 fully saturated rings. The van der Waals surface area contributed by atoms with E-state index in [9.17, 15) is 9.59 Å². The predicted molar refractivity (Wildman–Crippen MR) is 363 cm³/mol. The first-order valence-corrected chi connectivity index (χ1v) is 45.5. The van der Waals surface area contributed by atoms with Crippen molar-refractivity contribution >= 4 is 65.8 Å². The molecule has 4 rings (SSSR count). The van der Waals surface area contributed by atoms with E-state index in [0.717, 1.165) is 155 Å². The molecule has 0 radical (unpaired) electrons. The molecule has 0 atom stereocenters. The molecule has 12 heteroatoms. The lowest BCUT2D eigenvalue weighted by Gasteiger charge is -2.33. The first-order valence-electron chi connectivity index (χ1n) is 35.0. The van der Waals surface area contributed by atoms with Gasteiger partial charge in [-0.3, -0.25) is 9.59 Å². The van der Waals surface area contributed by atoms with Gasteiger partial charge in [0.2, 0.25) is 0 Å². The quantitative estimate of drug-likeness (QED) is 0.0245. The van der Waals surface area contributed by atoms with Crippen molar-refractivity contribution in [3.05, 3.63) is 71.6 Å². The van der Waals surface area contributed by atoms with E-state index in [1.165, 1.54) is 89.9 Å². The molecule has 0 aromatic carbocycles. The van der Waals surface area contributed by atoms with Crippen molar-refractivity contribution in [3.63, 3.8) is 0 Å². The van der Waals surface area contributed by atoms with Gasteiger partial charge in [0, 0.05) is 35.1 Å². The van der Waals surface area contributed by atoms with Gasteiger partial charge in [-0.1, -0.05) is 285 Å². The zero-order valence-corrected chi connectivity index (χ0v) is 60.0. The molecule has 0 amide bonds. The van der Waals surface area contributed by atoms with Gasteiger partial charge in [0.25, 0.3) is 0 Å². The Morgan fingerprint density at radius 2 is 0.518 bits per heavy atom. The van der Waals surface area contributed by atoms with Crippen LogP contribution in [0.25, 0.3) is 0 Å². The summed E-state index contributed by atoms with van der Waals surface area (Å²) in [4.78, 5) is 30.0. The van der Waals surface area contributed by atoms with E-state index in [1.807, 2.05) is 25.1 Å². The lowest BCUT2D eigenvalue weighted by molar-refractivity contribution is -0.159. The van der Waals surface area contributed by atoms with E-state index < -0.39 is 43.5 Å². The Morgan fingerprint density at radius 3 is 0.723 bits per heavy atom. The molecule has 0 unspecified atom stereocenters. The Bertz CT molecular complexity index is 2060. The van der Waals surface area contributed by atoms with Crippen LogP contribution in [0.15, 0.2) is 67.0 Å². The van der Waals surface area contributed by atoms with Crippen LogP contribution in [0.3, 0.4) is 0 Å². The van der Waals surface area contributed by atoms with Gasteiger partial charge >= 0.3 is 11.9 Å². The van der Waals surface area contributed by atoms with Crippen LogP contribution in [-0.2, 0) is 30.3 Å². The van der Waals surface area contributed by atoms with E-state index in [1.54, 1.807) is 0 Å². The second kappa shape index (κ2) is 36.9. The molecule has 0 bridgehead atoms. The summed E-state index contributed by atoms with van der Waals surface area (Å²) in [6.07, 6.45) is 33.6. The van der Waals surface area contributed by atoms with Crippen molar-refractivity contribution in [3.8, 4) is 0 Å². The van der Waals surface area contributed by atoms with Crippen molar-refractivity contribution in [1.82, 2.24) is 0 Å². The summed E-state index contributed by atoms with van der Waals surface area (Å²) in [7, 11) is -7.75. The molecule has 0 saturated carbocycles. The second-order valence-corrected chi connectivity index (χ2v) is 46.2. The third kappa shape index (κ3) is 18.5. The molecule has 4 aromatic heterocycles. The minimum Gasteiger partial charge on any atom is -0.474 e. The zero-order chi connectivity index (χ0) is 60.8. The van der Waals surface area contributed by atoms with E-state index in [-0.39, 0.29) is 24.8 Å². The molecule has 0 spiro atoms. The van der Waals surface area contributed by atoms with Gasteiger partial charge in [-0.05, 0) is 56.4 Å². The Balaban J connectivity index is 1.75. The molecule has 0 saturated heterocycles. The number of carbonyl (C=O) groups excluding carboxylic acids is 2. The SMILES string of the molecule is CCCCCCCCCCCCC(OC(=O)CCCC(=O)OC(CCCCCCCCCCCC)(c1coc([Si](CC)(CC)CC)c1)c1coc([Si](CC)(CC)CC)c1)(c1coc([Si](CC)(CC)CC)c1)c1coc([Si](CC)(CC)CC)c1. The van der Waals surface area contributed by atoms with Crippen LogP contribution in [0.2, 0.25) is 72.5 Å². The number of hydrogen-bond acceptors (Lipinski definition) is 8. The highest BCUT2D eigenvalue weighted by atomic mass is 28.3. The third-order valence-corrected chi connectivity index (χ3v) is 43.1. The Kier molecular flexibility index (Phi) is 32.2. The summed E-state index contributed by atoms with van der Waals surface area (Å²) in [5.74, 6) is -0.637. The van der Waals surface area contributed by atoms with E-state index in [0.29, 0.717) is 19.3 Å². The van der Waals surface area contributed by atoms with Gasteiger partial charge in [0.1, 0.15) is 32.3 Å². The van der Waals surface area contributed by atoms with Crippen LogP contribution in [0.1, 0.15) is 280 Å². The predicted octanol–water partition coefficient (Wildman–Crippen LogP) is 21.0. The largest absolute Gasteiger partial charge is 0.474 e. The number of hydrogen-bond donors (Lipinski definition) is 0. The van der Waals surface area contributed by atoms with Gasteiger partial charge in [-0.15, -0.1) is 0 Å². The van der Waals surface area contributed by atoms with Gasteiger partial charge in [-0.25, -0.2) is 0 Å². The van der Waals surface area contributed by atoms with Gasteiger partial charge < -0.3 is 27.1 Å². The van der Waals surface area contributed by atoms with Crippen molar-refractivity contribution in [2.75, 3.05) is 0 Å². The summed E-state index contributed by atoms with van der Waals surface area (Å²) in [6, 6.07) is 22.1. The maximum atomic E-state index is 15.0. The van der Waals surface area contributed by atoms with E-state index in [2.05, 4.69) is 121 Å².